The predicted octanol–water partition coefficient (Wildman–Crippen LogP) is 7.50. The molecule has 0 saturated heterocycles. The third-order valence-corrected chi connectivity index (χ3v) is 1.23. The standard InChI is InChI=1S/C21H42O2/c1-2-3-4-5-6-7-8-9-10-11-12-13-14-15-16-17-18-19-20-21(22)23/h2-20H2,1H3,(H,22,23)/i1D3,2D2,3D2,4D2,5D2,6D2,7D2,8D2,9D2,10D2,11D2,12D2,13D2,14D2,15D2,16D2,17D2,18D2,19D2,20D2. The van der Waals surface area contributed by atoms with Crippen LogP contribution in [0.15, 0.2) is 0 Å². The van der Waals surface area contributed by atoms with Gasteiger partial charge in [-0.05, 0) is 6.37 Å². The maximum Gasteiger partial charge on any atom is 0.303 e. The maximum absolute atomic E-state index is 11.4. The highest BCUT2D eigenvalue weighted by atomic mass is 16.4. The van der Waals surface area contributed by atoms with Gasteiger partial charge in [0.1, 0.15) is 0 Å². The molecule has 23 heavy (non-hydrogen) atoms. The van der Waals surface area contributed by atoms with E-state index in [1.807, 2.05) is 0 Å². The third-order valence-electron chi connectivity index (χ3n) is 1.23. The van der Waals surface area contributed by atoms with E-state index in [0.29, 0.717) is 0 Å². The first-order valence-electron chi connectivity index (χ1n) is 25.9. The van der Waals surface area contributed by atoms with Gasteiger partial charge in [0, 0.05) is 62.6 Å². The lowest BCUT2D eigenvalue weighted by Crippen LogP contribution is -1.93. The van der Waals surface area contributed by atoms with Gasteiger partial charge in [-0.1, -0.05) is 115 Å². The quantitative estimate of drug-likeness (QED) is 0.256. The van der Waals surface area contributed by atoms with Crippen molar-refractivity contribution in [2.75, 3.05) is 0 Å². The smallest absolute Gasteiger partial charge is 0.303 e. The van der Waals surface area contributed by atoms with E-state index < -0.39 is 134 Å². The molecule has 0 radical (unpaired) electrons. The highest BCUT2D eigenvalue weighted by molar-refractivity contribution is 5.66. The van der Waals surface area contributed by atoms with Crippen LogP contribution < -0.4 is 0 Å². The monoisotopic (exact) mass is 368 g/mol. The Morgan fingerprint density at radius 3 is 1.26 bits per heavy atom. The van der Waals surface area contributed by atoms with Gasteiger partial charge in [0.15, 0.2) is 0 Å². The molecule has 2 nitrogen and oxygen atoms in total. The second-order valence-corrected chi connectivity index (χ2v) is 2.68. The zero-order chi connectivity index (χ0) is 53.6. The van der Waals surface area contributed by atoms with Gasteiger partial charge in [-0.2, -0.15) is 0 Å². The molecule has 0 aromatic heterocycles. The first kappa shape index (κ1) is 2.65. The summed E-state index contributed by atoms with van der Waals surface area (Å²) in [6.07, 6.45) is -97.3. The molecule has 0 amide bonds. The van der Waals surface area contributed by atoms with Gasteiger partial charge in [0.2, 0.25) is 0 Å². The Kier molecular flexibility index (Phi) is 2.25. The summed E-state index contributed by atoms with van der Waals surface area (Å²) in [5, 5.41) is 9.12. The molecular formula is C21H42O2. The topological polar surface area (TPSA) is 37.3 Å². The van der Waals surface area contributed by atoms with Crippen molar-refractivity contribution < 1.29 is 66.1 Å². The molecule has 2 heteroatoms. The maximum atomic E-state index is 11.4. The molecule has 0 heterocycles. The minimum atomic E-state index is -5.40. The summed E-state index contributed by atoms with van der Waals surface area (Å²) in [6.45, 7) is -4.20. The Hall–Kier alpha value is -0.530. The van der Waals surface area contributed by atoms with Crippen LogP contribution in [0, 0.1) is 0 Å². The zero-order valence-electron chi connectivity index (χ0n) is 52.4. The summed E-state index contributed by atoms with van der Waals surface area (Å²) < 4.78 is 328. The van der Waals surface area contributed by atoms with Crippen LogP contribution >= 0.6 is 0 Å². The van der Waals surface area contributed by atoms with Crippen LogP contribution in [0.4, 0.5) is 0 Å². The number of carboxylic acid groups (broad SMARTS) is 1. The van der Waals surface area contributed by atoms with E-state index in [4.69, 9.17) is 61.3 Å². The normalized spacial score (nSPS) is 49.8. The molecule has 1 N–H and O–H groups in total. The summed E-state index contributed by atoms with van der Waals surface area (Å²) >= 11 is 0. The predicted molar refractivity (Wildman–Crippen MR) is 101 cm³/mol. The Labute approximate surface area is 203 Å². The van der Waals surface area contributed by atoms with Crippen LogP contribution in [-0.2, 0) is 4.79 Å². The van der Waals surface area contributed by atoms with Gasteiger partial charge in [0.25, 0.3) is 0 Å². The molecule has 0 aliphatic rings. The fourth-order valence-electron chi connectivity index (χ4n) is 0.585. The fourth-order valence-corrected chi connectivity index (χ4v) is 0.585. The lowest BCUT2D eigenvalue weighted by atomic mass is 10.0. The molecule has 138 valence electrons. The van der Waals surface area contributed by atoms with E-state index in [-0.39, 0.29) is 0 Å². The number of hydrogen-bond donors (Lipinski definition) is 1. The van der Waals surface area contributed by atoms with Gasteiger partial charge in [-0.15, -0.1) is 0 Å². The SMILES string of the molecule is [2H]C([2H])([2H])C([2H])([2H])C([2H])([2H])C([2H])([2H])C([2H])([2H])C([2H])([2H])C([2H])([2H])C([2H])([2H])C([2H])([2H])C([2H])([2H])C([2H])([2H])C([2H])([2H])C([2H])([2H])C([2H])([2H])C([2H])([2H])C([2H])([2H])C([2H])([2H])C([2H])([2H])C([2H])([2H])C([2H])([2H])C(=O)O. The highest BCUT2D eigenvalue weighted by Crippen LogP contribution is 2.14. The molecule has 0 spiro atoms. The summed E-state index contributed by atoms with van der Waals surface area (Å²) in [5.41, 5.74) is 0. The molecular weight excluding hydrogens is 284 g/mol. The lowest BCUT2D eigenvalue weighted by molar-refractivity contribution is -0.137. The second-order valence-electron chi connectivity index (χ2n) is 2.68. The van der Waals surface area contributed by atoms with Crippen molar-refractivity contribution in [2.24, 2.45) is 0 Å². The second kappa shape index (κ2) is 19.5. The molecule has 0 bridgehead atoms. The van der Waals surface area contributed by atoms with Crippen LogP contribution in [0.25, 0.3) is 0 Å². The van der Waals surface area contributed by atoms with Crippen LogP contribution in [0.5, 0.6) is 0 Å². The van der Waals surface area contributed by atoms with Crippen molar-refractivity contribution in [1.82, 2.24) is 0 Å². The number of carbonyl (C=O) groups is 1. The Morgan fingerprint density at radius 2 is 0.957 bits per heavy atom. The van der Waals surface area contributed by atoms with E-state index in [0.717, 1.165) is 0 Å². The van der Waals surface area contributed by atoms with Gasteiger partial charge in [-0.3, -0.25) is 4.79 Å². The highest BCUT2D eigenvalue weighted by Gasteiger charge is 1.97. The van der Waals surface area contributed by atoms with E-state index in [1.165, 1.54) is 0 Å². The van der Waals surface area contributed by atoms with Crippen molar-refractivity contribution in [3.05, 3.63) is 0 Å². The van der Waals surface area contributed by atoms with Gasteiger partial charge in [-0.25, -0.2) is 0 Å². The zero-order valence-corrected chi connectivity index (χ0v) is 11.4. The van der Waals surface area contributed by atoms with Crippen LogP contribution in [0.3, 0.4) is 0 Å². The molecule has 0 rings (SSSR count). The number of rotatable bonds is 19. The molecule has 0 fully saturated rings. The summed E-state index contributed by atoms with van der Waals surface area (Å²) in [7, 11) is 0. The van der Waals surface area contributed by atoms with Crippen molar-refractivity contribution in [3.8, 4) is 0 Å². The summed E-state index contributed by atoms with van der Waals surface area (Å²) in [5.74, 6) is -2.84. The first-order chi connectivity index (χ1) is 26.7. The van der Waals surface area contributed by atoms with Gasteiger partial charge < -0.3 is 5.11 Å². The molecule has 0 aromatic rings. The van der Waals surface area contributed by atoms with Crippen molar-refractivity contribution in [3.63, 3.8) is 0 Å². The van der Waals surface area contributed by atoms with E-state index in [1.54, 1.807) is 0 Å². The van der Waals surface area contributed by atoms with E-state index in [9.17, 15) is 4.79 Å². The summed E-state index contributed by atoms with van der Waals surface area (Å²) in [4.78, 5) is 11.4. The Bertz CT molecular complexity index is 1740. The molecule has 0 aliphatic carbocycles. The van der Waals surface area contributed by atoms with Crippen LogP contribution in [-0.4, -0.2) is 11.1 Å². The van der Waals surface area contributed by atoms with Crippen LogP contribution in [0.2, 0.25) is 0 Å². The largest absolute Gasteiger partial charge is 0.481 e. The van der Waals surface area contributed by atoms with Gasteiger partial charge in [0.05, 0.1) is 0 Å². The molecule has 0 aliphatic heterocycles. The minimum Gasteiger partial charge on any atom is -0.481 e. The van der Waals surface area contributed by atoms with E-state index >= 15 is 0 Å². The Balaban J connectivity index is 8.02. The van der Waals surface area contributed by atoms with E-state index in [2.05, 4.69) is 0 Å². The fraction of sp³-hybridized carbons (Fsp3) is 0.952. The van der Waals surface area contributed by atoms with Gasteiger partial charge >= 0.3 is 5.97 Å². The van der Waals surface area contributed by atoms with Crippen molar-refractivity contribution in [2.45, 2.75) is 128 Å². The molecule has 0 aromatic carbocycles. The van der Waals surface area contributed by atoms with Crippen molar-refractivity contribution >= 4 is 5.97 Å². The Morgan fingerprint density at radius 1 is 0.652 bits per heavy atom. The number of hydrogen-bond acceptors (Lipinski definition) is 1. The third kappa shape index (κ3) is 21.5. The first-order valence-corrected chi connectivity index (χ1v) is 5.43. The minimum absolute atomic E-state index is 2.84. The average molecular weight is 368 g/mol. The van der Waals surface area contributed by atoms with Crippen LogP contribution in [0.1, 0.15) is 184 Å². The number of carboxylic acids is 1. The summed E-state index contributed by atoms with van der Waals surface area (Å²) in [6, 6.07) is 0. The molecule has 0 saturated carbocycles. The average Bonchev–Trinajstić information content (AvgIpc) is 3.05. The number of aliphatic carboxylic acids is 1. The molecule has 0 atom stereocenters. The molecule has 0 unspecified atom stereocenters. The van der Waals surface area contributed by atoms with Crippen molar-refractivity contribution in [1.29, 1.82) is 0 Å². The lowest BCUT2D eigenvalue weighted by Gasteiger charge is -2.03.